The molecule has 1 aromatic carbocycles. The Hall–Kier alpha value is -2.05. The zero-order valence-corrected chi connectivity index (χ0v) is 16.0. The van der Waals surface area contributed by atoms with Gasteiger partial charge in [-0.1, -0.05) is 11.6 Å². The van der Waals surface area contributed by atoms with E-state index in [4.69, 9.17) is 16.3 Å². The number of aromatic nitrogens is 2. The van der Waals surface area contributed by atoms with Crippen LogP contribution >= 0.6 is 11.6 Å². The second kappa shape index (κ2) is 8.56. The number of ether oxygens (including phenoxy) is 1. The summed E-state index contributed by atoms with van der Waals surface area (Å²) in [4.78, 5) is 14.4. The third kappa shape index (κ3) is 5.22. The number of rotatable bonds is 6. The van der Waals surface area contributed by atoms with Crippen molar-refractivity contribution in [1.29, 1.82) is 0 Å². The van der Waals surface area contributed by atoms with E-state index >= 15 is 0 Å². The molecule has 0 unspecified atom stereocenters. The minimum absolute atomic E-state index is 0.0148. The van der Waals surface area contributed by atoms with Gasteiger partial charge >= 0.3 is 0 Å². The first-order valence-electron chi connectivity index (χ1n) is 8.91. The van der Waals surface area contributed by atoms with Crippen molar-refractivity contribution in [1.82, 2.24) is 14.7 Å². The normalized spacial score (nSPS) is 15.8. The van der Waals surface area contributed by atoms with Gasteiger partial charge in [-0.05, 0) is 63.0 Å². The molecule has 0 radical (unpaired) electrons. The molecule has 2 aromatic rings. The van der Waals surface area contributed by atoms with E-state index in [0.717, 1.165) is 37.4 Å². The summed E-state index contributed by atoms with van der Waals surface area (Å²) >= 11 is 5.88. The van der Waals surface area contributed by atoms with Crippen molar-refractivity contribution in [3.63, 3.8) is 0 Å². The number of carbonyl (C=O) groups excluding carboxylic acids is 1. The summed E-state index contributed by atoms with van der Waals surface area (Å²) in [6.07, 6.45) is 2.06. The molecule has 1 N–H and O–H groups in total. The number of amides is 1. The Kier molecular flexibility index (Phi) is 6.16. The first kappa shape index (κ1) is 18.7. The lowest BCUT2D eigenvalue weighted by Gasteiger charge is -2.31. The van der Waals surface area contributed by atoms with Crippen LogP contribution in [0.2, 0.25) is 5.02 Å². The Morgan fingerprint density at radius 1 is 1.31 bits per heavy atom. The highest BCUT2D eigenvalue weighted by atomic mass is 35.5. The average molecular weight is 377 g/mol. The van der Waals surface area contributed by atoms with Gasteiger partial charge in [0.25, 0.3) is 0 Å². The van der Waals surface area contributed by atoms with Crippen molar-refractivity contribution >= 4 is 23.3 Å². The van der Waals surface area contributed by atoms with E-state index in [2.05, 4.69) is 15.3 Å². The van der Waals surface area contributed by atoms with Crippen molar-refractivity contribution in [2.75, 3.05) is 31.6 Å². The maximum atomic E-state index is 12.2. The minimum Gasteiger partial charge on any atom is -0.493 e. The SMILES string of the molecule is Cc1cc(NC(=O)CN2CCC(COc3ccc(Cl)cc3)CC2)nn1C. The Balaban J connectivity index is 1.37. The van der Waals surface area contributed by atoms with E-state index in [1.54, 1.807) is 4.68 Å². The van der Waals surface area contributed by atoms with Gasteiger partial charge in [-0.15, -0.1) is 0 Å². The first-order chi connectivity index (χ1) is 12.5. The Morgan fingerprint density at radius 3 is 2.62 bits per heavy atom. The predicted octanol–water partition coefficient (Wildman–Crippen LogP) is 3.11. The lowest BCUT2D eigenvalue weighted by Crippen LogP contribution is -2.40. The summed E-state index contributed by atoms with van der Waals surface area (Å²) < 4.78 is 7.59. The van der Waals surface area contributed by atoms with Crippen molar-refractivity contribution in [2.45, 2.75) is 19.8 Å². The molecule has 1 aromatic heterocycles. The third-order valence-electron chi connectivity index (χ3n) is 4.75. The Morgan fingerprint density at radius 2 is 2.00 bits per heavy atom. The van der Waals surface area contributed by atoms with Crippen LogP contribution in [0.1, 0.15) is 18.5 Å². The maximum absolute atomic E-state index is 12.2. The van der Waals surface area contributed by atoms with Gasteiger partial charge in [0.1, 0.15) is 5.75 Å². The molecule has 140 valence electrons. The zero-order chi connectivity index (χ0) is 18.5. The Bertz CT molecular complexity index is 717. The molecule has 1 amide bonds. The summed E-state index contributed by atoms with van der Waals surface area (Å²) in [6, 6.07) is 9.32. The van der Waals surface area contributed by atoms with E-state index < -0.39 is 0 Å². The predicted molar refractivity (Wildman–Crippen MR) is 103 cm³/mol. The lowest BCUT2D eigenvalue weighted by molar-refractivity contribution is -0.117. The van der Waals surface area contributed by atoms with Gasteiger partial charge in [-0.2, -0.15) is 5.10 Å². The molecule has 2 heterocycles. The maximum Gasteiger partial charge on any atom is 0.239 e. The highest BCUT2D eigenvalue weighted by molar-refractivity contribution is 6.30. The lowest BCUT2D eigenvalue weighted by atomic mass is 9.98. The number of nitrogens with one attached hydrogen (secondary N) is 1. The van der Waals surface area contributed by atoms with Gasteiger partial charge in [-0.25, -0.2) is 0 Å². The number of aryl methyl sites for hydroxylation is 2. The van der Waals surface area contributed by atoms with Crippen molar-refractivity contribution in [3.8, 4) is 5.75 Å². The van der Waals surface area contributed by atoms with Gasteiger partial charge < -0.3 is 10.1 Å². The summed E-state index contributed by atoms with van der Waals surface area (Å²) in [5.74, 6) is 1.96. The van der Waals surface area contributed by atoms with E-state index in [1.165, 1.54) is 0 Å². The van der Waals surface area contributed by atoms with Crippen LogP contribution in [-0.4, -0.2) is 46.8 Å². The van der Waals surface area contributed by atoms with Gasteiger partial charge in [0, 0.05) is 23.8 Å². The highest BCUT2D eigenvalue weighted by Gasteiger charge is 2.21. The van der Waals surface area contributed by atoms with Crippen LogP contribution in [-0.2, 0) is 11.8 Å². The molecular formula is C19H25ClN4O2. The number of carbonyl (C=O) groups is 1. The second-order valence-electron chi connectivity index (χ2n) is 6.83. The van der Waals surface area contributed by atoms with Crippen molar-refractivity contribution < 1.29 is 9.53 Å². The monoisotopic (exact) mass is 376 g/mol. The molecule has 7 heteroatoms. The molecule has 0 saturated carbocycles. The van der Waals surface area contributed by atoms with Crippen LogP contribution in [0.5, 0.6) is 5.75 Å². The molecule has 0 atom stereocenters. The molecule has 1 aliphatic heterocycles. The van der Waals surface area contributed by atoms with Gasteiger partial charge in [0.2, 0.25) is 5.91 Å². The summed E-state index contributed by atoms with van der Waals surface area (Å²) in [5, 5.41) is 7.83. The quantitative estimate of drug-likeness (QED) is 0.841. The summed E-state index contributed by atoms with van der Waals surface area (Å²) in [7, 11) is 1.86. The van der Waals surface area contributed by atoms with Crippen molar-refractivity contribution in [2.24, 2.45) is 13.0 Å². The number of anilines is 1. The van der Waals surface area contributed by atoms with Crippen LogP contribution in [0.4, 0.5) is 5.82 Å². The smallest absolute Gasteiger partial charge is 0.239 e. The fraction of sp³-hybridized carbons (Fsp3) is 0.474. The van der Waals surface area contributed by atoms with Gasteiger partial charge in [0.15, 0.2) is 5.82 Å². The number of hydrogen-bond acceptors (Lipinski definition) is 4. The van der Waals surface area contributed by atoms with Crippen LogP contribution < -0.4 is 10.1 Å². The number of benzene rings is 1. The molecule has 6 nitrogen and oxygen atoms in total. The molecule has 0 aliphatic carbocycles. The first-order valence-corrected chi connectivity index (χ1v) is 9.28. The van der Waals surface area contributed by atoms with Crippen LogP contribution in [0.15, 0.2) is 30.3 Å². The number of hydrogen-bond donors (Lipinski definition) is 1. The summed E-state index contributed by atoms with van der Waals surface area (Å²) in [6.45, 7) is 4.88. The topological polar surface area (TPSA) is 59.4 Å². The number of piperidine rings is 1. The molecule has 0 spiro atoms. The van der Waals surface area contributed by atoms with Crippen LogP contribution in [0.25, 0.3) is 0 Å². The fourth-order valence-corrected chi connectivity index (χ4v) is 3.19. The minimum atomic E-state index is -0.0148. The Labute approximate surface area is 159 Å². The van der Waals surface area contributed by atoms with E-state index in [0.29, 0.717) is 29.9 Å². The molecule has 1 fully saturated rings. The average Bonchev–Trinajstić information content (AvgIpc) is 2.93. The molecule has 0 bridgehead atoms. The fourth-order valence-electron chi connectivity index (χ4n) is 3.06. The van der Waals surface area contributed by atoms with Crippen LogP contribution in [0.3, 0.4) is 0 Å². The van der Waals surface area contributed by atoms with Crippen LogP contribution in [0, 0.1) is 12.8 Å². The molecule has 1 aliphatic rings. The van der Waals surface area contributed by atoms with E-state index in [-0.39, 0.29) is 5.91 Å². The highest BCUT2D eigenvalue weighted by Crippen LogP contribution is 2.21. The standard InChI is InChI=1S/C19H25ClN4O2/c1-14-11-18(22-23(14)2)21-19(25)12-24-9-7-15(8-10-24)13-26-17-5-3-16(20)4-6-17/h3-6,11,15H,7-10,12-13H2,1-2H3,(H,21,22,25). The largest absolute Gasteiger partial charge is 0.493 e. The second-order valence-corrected chi connectivity index (χ2v) is 7.26. The third-order valence-corrected chi connectivity index (χ3v) is 5.01. The van der Waals surface area contributed by atoms with E-state index in [1.807, 2.05) is 44.3 Å². The van der Waals surface area contributed by atoms with E-state index in [9.17, 15) is 4.79 Å². The summed E-state index contributed by atoms with van der Waals surface area (Å²) in [5.41, 5.74) is 1.02. The zero-order valence-electron chi connectivity index (χ0n) is 15.2. The molecule has 1 saturated heterocycles. The van der Waals surface area contributed by atoms with Gasteiger partial charge in [0.05, 0.1) is 13.2 Å². The molecular weight excluding hydrogens is 352 g/mol. The number of nitrogens with zero attached hydrogens (tertiary/aromatic N) is 3. The molecule has 3 rings (SSSR count). The molecule has 26 heavy (non-hydrogen) atoms. The number of halogens is 1. The van der Waals surface area contributed by atoms with Gasteiger partial charge in [-0.3, -0.25) is 14.4 Å². The number of likely N-dealkylation sites (tertiary alicyclic amines) is 1. The van der Waals surface area contributed by atoms with Crippen molar-refractivity contribution in [3.05, 3.63) is 41.0 Å².